The summed E-state index contributed by atoms with van der Waals surface area (Å²) in [5, 5.41) is 13.0. The summed E-state index contributed by atoms with van der Waals surface area (Å²) >= 11 is 0. The Balaban J connectivity index is 2.38. The van der Waals surface area contributed by atoms with Crippen LogP contribution in [0.15, 0.2) is 35.5 Å². The minimum absolute atomic E-state index is 0.000355. The van der Waals surface area contributed by atoms with Crippen LogP contribution in [0.2, 0.25) is 0 Å². The van der Waals surface area contributed by atoms with Gasteiger partial charge in [-0.2, -0.15) is 10.4 Å². The number of aryl methyl sites for hydroxylation is 1. The molecule has 2 aromatic rings. The predicted molar refractivity (Wildman–Crippen MR) is 74.3 cm³/mol. The number of nitrogens with two attached hydrogens (primary N) is 1. The molecular formula is C12H13N5O2S. The molecule has 104 valence electrons. The molecule has 0 amide bonds. The normalized spacial score (nSPS) is 11.0. The average molecular weight is 291 g/mol. The third kappa shape index (κ3) is 2.73. The summed E-state index contributed by atoms with van der Waals surface area (Å²) in [6, 6.07) is 5.89. The summed E-state index contributed by atoms with van der Waals surface area (Å²) in [5.74, 6) is 0. The van der Waals surface area contributed by atoms with Gasteiger partial charge in [-0.15, -0.1) is 0 Å². The SMILES string of the molecule is CCn1cc(NS(=O)(=O)c2ccc(N)cc2C#N)cn1. The van der Waals surface area contributed by atoms with Crippen LogP contribution in [0.1, 0.15) is 12.5 Å². The van der Waals surface area contributed by atoms with Crippen LogP contribution in [-0.4, -0.2) is 18.2 Å². The van der Waals surface area contributed by atoms with Gasteiger partial charge in [0.05, 0.1) is 17.4 Å². The van der Waals surface area contributed by atoms with Crippen molar-refractivity contribution in [1.29, 1.82) is 5.26 Å². The molecule has 0 spiro atoms. The molecule has 3 N–H and O–H groups in total. The van der Waals surface area contributed by atoms with E-state index in [2.05, 4.69) is 9.82 Å². The molecule has 2 rings (SSSR count). The molecular weight excluding hydrogens is 278 g/mol. The Morgan fingerprint density at radius 3 is 2.85 bits per heavy atom. The van der Waals surface area contributed by atoms with Crippen molar-refractivity contribution in [2.75, 3.05) is 10.5 Å². The fourth-order valence-corrected chi connectivity index (χ4v) is 2.84. The van der Waals surface area contributed by atoms with Crippen molar-refractivity contribution in [1.82, 2.24) is 9.78 Å². The second-order valence-corrected chi connectivity index (χ2v) is 5.71. The van der Waals surface area contributed by atoms with Crippen molar-refractivity contribution in [3.8, 4) is 6.07 Å². The number of nitrogens with one attached hydrogen (secondary N) is 1. The summed E-state index contributed by atoms with van der Waals surface area (Å²) in [7, 11) is -3.85. The lowest BCUT2D eigenvalue weighted by atomic mass is 10.2. The highest BCUT2D eigenvalue weighted by Gasteiger charge is 2.19. The Morgan fingerprint density at radius 2 is 2.25 bits per heavy atom. The standard InChI is InChI=1S/C12H13N5O2S/c1-2-17-8-11(7-15-17)16-20(18,19)12-4-3-10(14)5-9(12)6-13/h3-5,7-8,16H,2,14H2,1H3. The third-order valence-electron chi connectivity index (χ3n) is 2.62. The number of nitrogens with zero attached hydrogens (tertiary/aromatic N) is 3. The molecule has 20 heavy (non-hydrogen) atoms. The van der Waals surface area contributed by atoms with Crippen molar-refractivity contribution in [3.05, 3.63) is 36.2 Å². The van der Waals surface area contributed by atoms with Gasteiger partial charge >= 0.3 is 0 Å². The van der Waals surface area contributed by atoms with Gasteiger partial charge < -0.3 is 5.73 Å². The number of aromatic nitrogens is 2. The Bertz CT molecular complexity index is 773. The van der Waals surface area contributed by atoms with Crippen LogP contribution in [0.25, 0.3) is 0 Å². The van der Waals surface area contributed by atoms with E-state index in [-0.39, 0.29) is 10.5 Å². The molecule has 0 aliphatic rings. The van der Waals surface area contributed by atoms with Crippen molar-refractivity contribution >= 4 is 21.4 Å². The molecule has 8 heteroatoms. The molecule has 0 saturated heterocycles. The maximum atomic E-state index is 12.3. The first-order chi connectivity index (χ1) is 9.46. The van der Waals surface area contributed by atoms with E-state index < -0.39 is 10.0 Å². The fourth-order valence-electron chi connectivity index (χ4n) is 1.67. The van der Waals surface area contributed by atoms with Crippen molar-refractivity contribution < 1.29 is 8.42 Å². The second kappa shape index (κ2) is 5.22. The Morgan fingerprint density at radius 1 is 1.50 bits per heavy atom. The molecule has 1 aromatic heterocycles. The van der Waals surface area contributed by atoms with E-state index in [1.807, 2.05) is 13.0 Å². The maximum absolute atomic E-state index is 12.3. The fraction of sp³-hybridized carbons (Fsp3) is 0.167. The first kappa shape index (κ1) is 13.9. The van der Waals surface area contributed by atoms with E-state index in [0.29, 0.717) is 17.9 Å². The summed E-state index contributed by atoms with van der Waals surface area (Å²) in [6.45, 7) is 2.52. The van der Waals surface area contributed by atoms with Gasteiger partial charge in [0.25, 0.3) is 10.0 Å². The van der Waals surface area contributed by atoms with Gasteiger partial charge in [0.2, 0.25) is 0 Å². The number of rotatable bonds is 4. The number of nitrogen functional groups attached to an aromatic ring is 1. The Hall–Kier alpha value is -2.53. The van der Waals surface area contributed by atoms with Gasteiger partial charge in [0, 0.05) is 18.4 Å². The third-order valence-corrected chi connectivity index (χ3v) is 4.06. The zero-order valence-corrected chi connectivity index (χ0v) is 11.6. The molecule has 0 aliphatic heterocycles. The maximum Gasteiger partial charge on any atom is 0.263 e. The molecule has 0 aliphatic carbocycles. The van der Waals surface area contributed by atoms with Crippen LogP contribution < -0.4 is 10.5 Å². The van der Waals surface area contributed by atoms with Crippen LogP contribution in [0.3, 0.4) is 0 Å². The zero-order valence-electron chi connectivity index (χ0n) is 10.7. The quantitative estimate of drug-likeness (QED) is 0.820. The van der Waals surface area contributed by atoms with Gasteiger partial charge in [-0.05, 0) is 25.1 Å². The van der Waals surface area contributed by atoms with Crippen LogP contribution in [0.4, 0.5) is 11.4 Å². The lowest BCUT2D eigenvalue weighted by Gasteiger charge is -2.08. The number of benzene rings is 1. The van der Waals surface area contributed by atoms with Crippen LogP contribution in [-0.2, 0) is 16.6 Å². The zero-order chi connectivity index (χ0) is 14.8. The molecule has 0 saturated carbocycles. The van der Waals surface area contributed by atoms with Crippen molar-refractivity contribution in [2.24, 2.45) is 0 Å². The molecule has 0 unspecified atom stereocenters. The van der Waals surface area contributed by atoms with Crippen LogP contribution in [0, 0.1) is 11.3 Å². The van der Waals surface area contributed by atoms with Gasteiger partial charge in [-0.1, -0.05) is 0 Å². The number of nitriles is 1. The lowest BCUT2D eigenvalue weighted by Crippen LogP contribution is -2.14. The van der Waals surface area contributed by atoms with E-state index in [1.165, 1.54) is 24.4 Å². The molecule has 7 nitrogen and oxygen atoms in total. The molecule has 1 heterocycles. The first-order valence-corrected chi connectivity index (χ1v) is 7.29. The summed E-state index contributed by atoms with van der Waals surface area (Å²) in [6.07, 6.45) is 2.98. The second-order valence-electron chi connectivity index (χ2n) is 4.06. The molecule has 1 aromatic carbocycles. The van der Waals surface area contributed by atoms with Crippen molar-refractivity contribution in [3.63, 3.8) is 0 Å². The van der Waals surface area contributed by atoms with Gasteiger partial charge in [0.1, 0.15) is 11.0 Å². The topological polar surface area (TPSA) is 114 Å². The number of anilines is 2. The van der Waals surface area contributed by atoms with Crippen LogP contribution >= 0.6 is 0 Å². The lowest BCUT2D eigenvalue weighted by molar-refractivity contribution is 0.601. The minimum atomic E-state index is -3.85. The smallest absolute Gasteiger partial charge is 0.263 e. The molecule has 0 atom stereocenters. The van der Waals surface area contributed by atoms with Gasteiger partial charge in [0.15, 0.2) is 0 Å². The van der Waals surface area contributed by atoms with Gasteiger partial charge in [-0.3, -0.25) is 9.40 Å². The van der Waals surface area contributed by atoms with Crippen LogP contribution in [0.5, 0.6) is 0 Å². The molecule has 0 bridgehead atoms. The van der Waals surface area contributed by atoms with E-state index in [4.69, 9.17) is 11.0 Å². The highest BCUT2D eigenvalue weighted by Crippen LogP contribution is 2.21. The average Bonchev–Trinajstić information content (AvgIpc) is 2.85. The summed E-state index contributed by atoms with van der Waals surface area (Å²) in [4.78, 5) is -0.113. The molecule has 0 radical (unpaired) electrons. The van der Waals surface area contributed by atoms with E-state index in [0.717, 1.165) is 0 Å². The van der Waals surface area contributed by atoms with Gasteiger partial charge in [-0.25, -0.2) is 8.42 Å². The highest BCUT2D eigenvalue weighted by molar-refractivity contribution is 7.92. The van der Waals surface area contributed by atoms with E-state index >= 15 is 0 Å². The highest BCUT2D eigenvalue weighted by atomic mass is 32.2. The van der Waals surface area contributed by atoms with E-state index in [9.17, 15) is 8.42 Å². The minimum Gasteiger partial charge on any atom is -0.399 e. The first-order valence-electron chi connectivity index (χ1n) is 5.81. The number of hydrogen-bond acceptors (Lipinski definition) is 5. The molecule has 0 fully saturated rings. The van der Waals surface area contributed by atoms with Crippen molar-refractivity contribution in [2.45, 2.75) is 18.4 Å². The Kier molecular flexibility index (Phi) is 3.63. The number of hydrogen-bond donors (Lipinski definition) is 2. The summed E-state index contributed by atoms with van der Waals surface area (Å²) in [5.41, 5.74) is 6.21. The monoisotopic (exact) mass is 291 g/mol. The Labute approximate surface area is 116 Å². The number of sulfonamides is 1. The summed E-state index contributed by atoms with van der Waals surface area (Å²) < 4.78 is 28.5. The predicted octanol–water partition coefficient (Wildman–Crippen LogP) is 1.16. The largest absolute Gasteiger partial charge is 0.399 e. The van der Waals surface area contributed by atoms with E-state index in [1.54, 1.807) is 10.9 Å².